The minimum atomic E-state index is -0.993. The van der Waals surface area contributed by atoms with Gasteiger partial charge in [0.05, 0.1) is 26.4 Å². The standard InChI is InChI=1S/C28H38O15/c1-15(29)5-2-7-21(32)40-16-11-36-27-18(13-38-25(16)27)42-23(34)9-4-10-24(35)43-19-14-39-26-17(12-37-28(19)26)41-22(33)8-3-6-20(30)31/h16-19,25-28H,2-14H2,1H3,(H,30,31)/t16-,17-,18-,19-,25+,26+,27+,28+/m0/s1. The second kappa shape index (κ2) is 15.5. The van der Waals surface area contributed by atoms with E-state index in [-0.39, 0.29) is 77.2 Å². The van der Waals surface area contributed by atoms with E-state index in [9.17, 15) is 28.8 Å². The highest BCUT2D eigenvalue weighted by Gasteiger charge is 2.52. The third-order valence-electron chi connectivity index (χ3n) is 7.50. The lowest BCUT2D eigenvalue weighted by molar-refractivity contribution is -0.156. The number of hydrogen-bond acceptors (Lipinski definition) is 14. The quantitative estimate of drug-likeness (QED) is 0.185. The molecule has 4 fully saturated rings. The van der Waals surface area contributed by atoms with E-state index in [1.54, 1.807) is 0 Å². The van der Waals surface area contributed by atoms with Crippen LogP contribution in [0, 0.1) is 0 Å². The number of carbonyl (C=O) groups excluding carboxylic acids is 5. The third kappa shape index (κ3) is 9.42. The minimum absolute atomic E-state index is 0.00170. The molecule has 0 aromatic rings. The van der Waals surface area contributed by atoms with Gasteiger partial charge in [-0.25, -0.2) is 0 Å². The van der Waals surface area contributed by atoms with Crippen molar-refractivity contribution in [2.75, 3.05) is 26.4 Å². The number of Topliss-reactive ketones (excluding diaryl/α,β-unsaturated/α-hetero) is 1. The van der Waals surface area contributed by atoms with Crippen molar-refractivity contribution in [1.82, 2.24) is 0 Å². The molecular weight excluding hydrogens is 576 g/mol. The Morgan fingerprint density at radius 1 is 0.512 bits per heavy atom. The van der Waals surface area contributed by atoms with Crippen LogP contribution in [0.5, 0.6) is 0 Å². The molecule has 8 atom stereocenters. The summed E-state index contributed by atoms with van der Waals surface area (Å²) in [5.74, 6) is -3.07. The normalized spacial score (nSPS) is 30.7. The van der Waals surface area contributed by atoms with Crippen molar-refractivity contribution < 1.29 is 71.8 Å². The molecule has 0 aliphatic carbocycles. The zero-order chi connectivity index (χ0) is 30.9. The third-order valence-corrected chi connectivity index (χ3v) is 7.50. The van der Waals surface area contributed by atoms with E-state index >= 15 is 0 Å². The number of carbonyl (C=O) groups is 6. The smallest absolute Gasteiger partial charge is 0.306 e. The van der Waals surface area contributed by atoms with Gasteiger partial charge in [-0.2, -0.15) is 0 Å². The Morgan fingerprint density at radius 2 is 0.791 bits per heavy atom. The number of ether oxygens (including phenoxy) is 8. The van der Waals surface area contributed by atoms with Crippen molar-refractivity contribution in [2.24, 2.45) is 0 Å². The van der Waals surface area contributed by atoms with Crippen molar-refractivity contribution >= 4 is 35.6 Å². The summed E-state index contributed by atoms with van der Waals surface area (Å²) in [7, 11) is 0. The lowest BCUT2D eigenvalue weighted by Gasteiger charge is -2.18. The summed E-state index contributed by atoms with van der Waals surface area (Å²) >= 11 is 0. The highest BCUT2D eigenvalue weighted by molar-refractivity contribution is 5.76. The van der Waals surface area contributed by atoms with Gasteiger partial charge in [0.15, 0.2) is 24.4 Å². The fourth-order valence-corrected chi connectivity index (χ4v) is 5.42. The molecule has 0 unspecified atom stereocenters. The van der Waals surface area contributed by atoms with E-state index in [0.29, 0.717) is 12.8 Å². The van der Waals surface area contributed by atoms with E-state index in [0.717, 1.165) is 0 Å². The largest absolute Gasteiger partial charge is 0.481 e. The predicted octanol–water partition coefficient (Wildman–Crippen LogP) is 0.413. The van der Waals surface area contributed by atoms with Crippen LogP contribution in [-0.2, 0) is 66.7 Å². The number of esters is 4. The van der Waals surface area contributed by atoms with E-state index in [2.05, 4.69) is 0 Å². The van der Waals surface area contributed by atoms with Gasteiger partial charge in [-0.15, -0.1) is 0 Å². The van der Waals surface area contributed by atoms with Gasteiger partial charge in [-0.1, -0.05) is 0 Å². The molecule has 0 saturated carbocycles. The summed E-state index contributed by atoms with van der Waals surface area (Å²) in [6.45, 7) is 1.79. The van der Waals surface area contributed by atoms with Gasteiger partial charge in [0.2, 0.25) is 0 Å². The molecule has 0 bridgehead atoms. The second-order valence-electron chi connectivity index (χ2n) is 11.0. The summed E-state index contributed by atoms with van der Waals surface area (Å²) in [6, 6.07) is 0. The maximum atomic E-state index is 12.4. The first kappa shape index (κ1) is 32.8. The van der Waals surface area contributed by atoms with Crippen molar-refractivity contribution in [3.05, 3.63) is 0 Å². The van der Waals surface area contributed by atoms with Crippen LogP contribution in [-0.4, -0.2) is 116 Å². The predicted molar refractivity (Wildman–Crippen MR) is 138 cm³/mol. The maximum absolute atomic E-state index is 12.4. The van der Waals surface area contributed by atoms with Crippen molar-refractivity contribution in [3.8, 4) is 0 Å². The molecule has 15 nitrogen and oxygen atoms in total. The minimum Gasteiger partial charge on any atom is -0.481 e. The molecule has 4 heterocycles. The van der Waals surface area contributed by atoms with E-state index in [4.69, 9.17) is 43.0 Å². The number of aliphatic carboxylic acids is 1. The molecule has 0 radical (unpaired) electrons. The molecule has 4 aliphatic heterocycles. The van der Waals surface area contributed by atoms with Crippen LogP contribution in [0.3, 0.4) is 0 Å². The Morgan fingerprint density at radius 3 is 1.07 bits per heavy atom. The van der Waals surface area contributed by atoms with Gasteiger partial charge < -0.3 is 47.8 Å². The lowest BCUT2D eigenvalue weighted by Crippen LogP contribution is -2.36. The first-order chi connectivity index (χ1) is 20.6. The Bertz CT molecular complexity index is 963. The topological polar surface area (TPSA) is 196 Å². The molecule has 0 amide bonds. The van der Waals surface area contributed by atoms with Crippen LogP contribution in [0.15, 0.2) is 0 Å². The van der Waals surface area contributed by atoms with E-state index in [1.807, 2.05) is 0 Å². The summed E-state index contributed by atoms with van der Waals surface area (Å²) in [4.78, 5) is 70.5. The van der Waals surface area contributed by atoms with Gasteiger partial charge >= 0.3 is 29.8 Å². The highest BCUT2D eigenvalue weighted by Crippen LogP contribution is 2.32. The number of rotatable bonds is 16. The Kier molecular flexibility index (Phi) is 11.8. The van der Waals surface area contributed by atoms with Crippen LogP contribution < -0.4 is 0 Å². The van der Waals surface area contributed by atoms with E-state index < -0.39 is 78.7 Å². The van der Waals surface area contributed by atoms with Crippen LogP contribution in [0.2, 0.25) is 0 Å². The summed E-state index contributed by atoms with van der Waals surface area (Å²) in [5.41, 5.74) is 0. The number of fused-ring (bicyclic) bond motifs is 2. The zero-order valence-electron chi connectivity index (χ0n) is 24.0. The average molecular weight is 615 g/mol. The molecule has 4 rings (SSSR count). The van der Waals surface area contributed by atoms with Gasteiger partial charge in [0, 0.05) is 38.5 Å². The highest BCUT2D eigenvalue weighted by atomic mass is 16.7. The molecule has 0 spiro atoms. The van der Waals surface area contributed by atoms with Crippen molar-refractivity contribution in [2.45, 2.75) is 114 Å². The molecule has 1 N–H and O–H groups in total. The first-order valence-electron chi connectivity index (χ1n) is 14.6. The number of hydrogen-bond donors (Lipinski definition) is 1. The van der Waals surface area contributed by atoms with Gasteiger partial charge in [0.25, 0.3) is 0 Å². The average Bonchev–Trinajstić information content (AvgIpc) is 3.70. The molecule has 43 heavy (non-hydrogen) atoms. The first-order valence-corrected chi connectivity index (χ1v) is 14.6. The fraction of sp³-hybridized carbons (Fsp3) is 0.786. The molecule has 240 valence electrons. The van der Waals surface area contributed by atoms with Gasteiger partial charge in [-0.05, 0) is 26.2 Å². The second-order valence-corrected chi connectivity index (χ2v) is 11.0. The molecule has 0 aromatic heterocycles. The number of carboxylic acid groups (broad SMARTS) is 1. The number of ketones is 1. The fourth-order valence-electron chi connectivity index (χ4n) is 5.42. The van der Waals surface area contributed by atoms with Gasteiger partial charge in [0.1, 0.15) is 30.2 Å². The SMILES string of the molecule is CC(=O)CCCC(=O)O[C@H]1CO[C@H]2[C@@H]1OC[C@@H]2OC(=O)CCCC(=O)O[C@H]1CO[C@H]2[C@@H]1OC[C@@H]2OC(=O)CCCC(=O)O. The summed E-state index contributed by atoms with van der Waals surface area (Å²) < 4.78 is 44.4. The molecule has 4 aliphatic rings. The van der Waals surface area contributed by atoms with Crippen molar-refractivity contribution in [3.63, 3.8) is 0 Å². The zero-order valence-corrected chi connectivity index (χ0v) is 24.0. The van der Waals surface area contributed by atoms with Crippen LogP contribution >= 0.6 is 0 Å². The summed E-state index contributed by atoms with van der Waals surface area (Å²) in [6.07, 6.45) is -4.07. The maximum Gasteiger partial charge on any atom is 0.306 e. The van der Waals surface area contributed by atoms with E-state index in [1.165, 1.54) is 6.92 Å². The van der Waals surface area contributed by atoms with Crippen LogP contribution in [0.1, 0.15) is 64.7 Å². The monoisotopic (exact) mass is 614 g/mol. The molecule has 15 heteroatoms. The van der Waals surface area contributed by atoms with Crippen LogP contribution in [0.25, 0.3) is 0 Å². The lowest BCUT2D eigenvalue weighted by atomic mass is 10.1. The van der Waals surface area contributed by atoms with Gasteiger partial charge in [-0.3, -0.25) is 24.0 Å². The Labute approximate surface area is 247 Å². The number of carboxylic acids is 1. The molecule has 0 aromatic carbocycles. The molecule has 4 saturated heterocycles. The Hall–Kier alpha value is -3.14. The summed E-state index contributed by atoms with van der Waals surface area (Å²) in [5, 5.41) is 8.68. The van der Waals surface area contributed by atoms with Crippen molar-refractivity contribution in [1.29, 1.82) is 0 Å². The molecular formula is C28H38O15. The van der Waals surface area contributed by atoms with Crippen LogP contribution in [0.4, 0.5) is 0 Å². The Balaban J connectivity index is 1.09.